The fraction of sp³-hybridized carbons (Fsp3) is 0.909. The second kappa shape index (κ2) is 4.67. The molecule has 0 radical (unpaired) electrons. The Bertz CT molecular complexity index is 192. The molecule has 0 atom stereocenters. The average Bonchev–Trinajstić information content (AvgIpc) is 1.78. The van der Waals surface area contributed by atoms with E-state index >= 15 is 0 Å². The number of hydrogen-bond acceptors (Lipinski definition) is 2. The molecule has 3 heteroatoms. The second-order valence-corrected chi connectivity index (χ2v) is 5.42. The first-order valence-corrected chi connectivity index (χ1v) is 5.13. The van der Waals surface area contributed by atoms with Crippen molar-refractivity contribution in [3.05, 3.63) is 0 Å². The van der Waals surface area contributed by atoms with Gasteiger partial charge in [0.1, 0.15) is 5.60 Å². The molecule has 0 spiro atoms. The Morgan fingerprint density at radius 1 is 1.21 bits per heavy atom. The molecule has 0 bridgehead atoms. The third-order valence-corrected chi connectivity index (χ3v) is 1.65. The smallest absolute Gasteiger partial charge is 0.407 e. The zero-order valence-electron chi connectivity index (χ0n) is 10.2. The summed E-state index contributed by atoms with van der Waals surface area (Å²) in [7, 11) is 0. The van der Waals surface area contributed by atoms with E-state index in [0.717, 1.165) is 6.42 Å². The molecule has 0 fully saturated rings. The van der Waals surface area contributed by atoms with Crippen LogP contribution in [0.15, 0.2) is 0 Å². The number of hydrogen-bond donors (Lipinski definition) is 1. The molecule has 1 N–H and O–H groups in total. The first kappa shape index (κ1) is 13.3. The predicted octanol–water partition coefficient (Wildman–Crippen LogP) is 2.95. The van der Waals surface area contributed by atoms with E-state index in [-0.39, 0.29) is 11.5 Å². The molecule has 0 aliphatic heterocycles. The van der Waals surface area contributed by atoms with Crippen LogP contribution in [-0.2, 0) is 4.74 Å². The molecule has 0 saturated carbocycles. The zero-order valence-corrected chi connectivity index (χ0v) is 10.2. The summed E-state index contributed by atoms with van der Waals surface area (Å²) in [5.74, 6) is 0. The van der Waals surface area contributed by atoms with Crippen LogP contribution < -0.4 is 5.32 Å². The van der Waals surface area contributed by atoms with E-state index in [4.69, 9.17) is 4.74 Å². The maximum atomic E-state index is 11.2. The molecule has 0 saturated heterocycles. The molecule has 1 amide bonds. The molecule has 0 heterocycles. The van der Waals surface area contributed by atoms with Crippen LogP contribution >= 0.6 is 0 Å². The van der Waals surface area contributed by atoms with Gasteiger partial charge in [0.15, 0.2) is 0 Å². The quantitative estimate of drug-likeness (QED) is 0.762. The van der Waals surface area contributed by atoms with Crippen LogP contribution in [0.1, 0.15) is 48.0 Å². The minimum atomic E-state index is -0.405. The molecule has 3 nitrogen and oxygen atoms in total. The zero-order chi connectivity index (χ0) is 11.4. The lowest BCUT2D eigenvalue weighted by Gasteiger charge is -2.31. The highest BCUT2D eigenvalue weighted by Crippen LogP contribution is 2.29. The molecule has 84 valence electrons. The van der Waals surface area contributed by atoms with Crippen LogP contribution in [0.4, 0.5) is 4.79 Å². The maximum absolute atomic E-state index is 11.2. The number of amides is 1. The summed E-state index contributed by atoms with van der Waals surface area (Å²) < 4.78 is 5.30. The summed E-state index contributed by atoms with van der Waals surface area (Å²) >= 11 is 0. The second-order valence-electron chi connectivity index (χ2n) is 5.42. The van der Waals surface area contributed by atoms with Crippen molar-refractivity contribution >= 4 is 6.09 Å². The standard InChI is InChI=1S/C11H23NO2/c1-7-12-9(13)14-11(5,6)8-10(2,3)4/h7-8H2,1-6H3,(H,12,13). The van der Waals surface area contributed by atoms with Gasteiger partial charge in [0.25, 0.3) is 0 Å². The van der Waals surface area contributed by atoms with E-state index in [9.17, 15) is 4.79 Å². The van der Waals surface area contributed by atoms with E-state index < -0.39 is 5.60 Å². The Morgan fingerprint density at radius 2 is 1.71 bits per heavy atom. The molecule has 0 aliphatic carbocycles. The van der Waals surface area contributed by atoms with Gasteiger partial charge in [-0.1, -0.05) is 20.8 Å². The average molecular weight is 201 g/mol. The highest BCUT2D eigenvalue weighted by Gasteiger charge is 2.28. The summed E-state index contributed by atoms with van der Waals surface area (Å²) in [6.07, 6.45) is 0.513. The predicted molar refractivity (Wildman–Crippen MR) is 58.3 cm³/mol. The minimum absolute atomic E-state index is 0.163. The molecule has 0 aromatic carbocycles. The van der Waals surface area contributed by atoms with E-state index in [1.165, 1.54) is 0 Å². The van der Waals surface area contributed by atoms with Crippen molar-refractivity contribution in [1.82, 2.24) is 5.32 Å². The van der Waals surface area contributed by atoms with E-state index in [1.807, 2.05) is 20.8 Å². The summed E-state index contributed by atoms with van der Waals surface area (Å²) in [5, 5.41) is 2.63. The lowest BCUT2D eigenvalue weighted by molar-refractivity contribution is 0.0104. The highest BCUT2D eigenvalue weighted by atomic mass is 16.6. The summed E-state index contributed by atoms with van der Waals surface area (Å²) in [6, 6.07) is 0. The molecule has 0 aromatic rings. The minimum Gasteiger partial charge on any atom is -0.444 e. The van der Waals surface area contributed by atoms with Gasteiger partial charge in [-0.25, -0.2) is 4.79 Å². The Morgan fingerprint density at radius 3 is 2.07 bits per heavy atom. The van der Waals surface area contributed by atoms with Crippen molar-refractivity contribution in [1.29, 1.82) is 0 Å². The number of carbonyl (C=O) groups excluding carboxylic acids is 1. The monoisotopic (exact) mass is 201 g/mol. The van der Waals surface area contributed by atoms with Crippen molar-refractivity contribution in [2.75, 3.05) is 6.54 Å². The SMILES string of the molecule is CCNC(=O)OC(C)(C)CC(C)(C)C. The van der Waals surface area contributed by atoms with Gasteiger partial charge in [0, 0.05) is 6.54 Å². The third-order valence-electron chi connectivity index (χ3n) is 1.65. The Kier molecular flexibility index (Phi) is 4.43. The fourth-order valence-corrected chi connectivity index (χ4v) is 1.74. The Labute approximate surface area is 87.2 Å². The molecule has 14 heavy (non-hydrogen) atoms. The molecule has 0 unspecified atom stereocenters. The van der Waals surface area contributed by atoms with Crippen LogP contribution in [-0.4, -0.2) is 18.2 Å². The topological polar surface area (TPSA) is 38.3 Å². The van der Waals surface area contributed by atoms with Crippen molar-refractivity contribution < 1.29 is 9.53 Å². The van der Waals surface area contributed by atoms with Gasteiger partial charge in [-0.05, 0) is 32.6 Å². The van der Waals surface area contributed by atoms with Crippen LogP contribution in [0, 0.1) is 5.41 Å². The summed E-state index contributed by atoms with van der Waals surface area (Å²) in [4.78, 5) is 11.2. The van der Waals surface area contributed by atoms with Gasteiger partial charge >= 0.3 is 6.09 Å². The maximum Gasteiger partial charge on any atom is 0.407 e. The molecule has 0 aliphatic rings. The Balaban J connectivity index is 4.13. The largest absolute Gasteiger partial charge is 0.444 e. The van der Waals surface area contributed by atoms with Gasteiger partial charge in [0.05, 0.1) is 0 Å². The van der Waals surface area contributed by atoms with Crippen LogP contribution in [0.5, 0.6) is 0 Å². The number of carbonyl (C=O) groups is 1. The van der Waals surface area contributed by atoms with Crippen molar-refractivity contribution in [3.63, 3.8) is 0 Å². The summed E-state index contributed by atoms with van der Waals surface area (Å²) in [6.45, 7) is 12.8. The van der Waals surface area contributed by atoms with Gasteiger partial charge in [-0.2, -0.15) is 0 Å². The number of ether oxygens (including phenoxy) is 1. The molecule has 0 aromatic heterocycles. The van der Waals surface area contributed by atoms with Gasteiger partial charge in [-0.15, -0.1) is 0 Å². The first-order valence-electron chi connectivity index (χ1n) is 5.13. The lowest BCUT2D eigenvalue weighted by Crippen LogP contribution is -2.37. The van der Waals surface area contributed by atoms with Crippen molar-refractivity contribution in [3.8, 4) is 0 Å². The van der Waals surface area contributed by atoms with Crippen LogP contribution in [0.25, 0.3) is 0 Å². The Hall–Kier alpha value is -0.730. The summed E-state index contributed by atoms with van der Waals surface area (Å²) in [5.41, 5.74) is -0.243. The van der Waals surface area contributed by atoms with Crippen molar-refractivity contribution in [2.24, 2.45) is 5.41 Å². The van der Waals surface area contributed by atoms with Crippen LogP contribution in [0.2, 0.25) is 0 Å². The molecular weight excluding hydrogens is 178 g/mol. The van der Waals surface area contributed by atoms with Crippen LogP contribution in [0.3, 0.4) is 0 Å². The third kappa shape index (κ3) is 6.75. The van der Waals surface area contributed by atoms with E-state index in [1.54, 1.807) is 0 Å². The highest BCUT2D eigenvalue weighted by molar-refractivity contribution is 5.67. The number of rotatable bonds is 3. The lowest BCUT2D eigenvalue weighted by atomic mass is 9.84. The van der Waals surface area contributed by atoms with Gasteiger partial charge in [-0.3, -0.25) is 0 Å². The molecular formula is C11H23NO2. The van der Waals surface area contributed by atoms with E-state index in [2.05, 4.69) is 26.1 Å². The molecule has 0 rings (SSSR count). The number of alkyl carbamates (subject to hydrolysis) is 1. The first-order chi connectivity index (χ1) is 6.16. The fourth-order valence-electron chi connectivity index (χ4n) is 1.74. The van der Waals surface area contributed by atoms with E-state index in [0.29, 0.717) is 6.54 Å². The normalized spacial score (nSPS) is 12.4. The number of nitrogens with one attached hydrogen (secondary N) is 1. The van der Waals surface area contributed by atoms with Gasteiger partial charge in [0.2, 0.25) is 0 Å². The van der Waals surface area contributed by atoms with Gasteiger partial charge < -0.3 is 10.1 Å². The van der Waals surface area contributed by atoms with Crippen molar-refractivity contribution in [2.45, 2.75) is 53.6 Å².